The highest BCUT2D eigenvalue weighted by molar-refractivity contribution is 5.83. The third-order valence-corrected chi connectivity index (χ3v) is 4.62. The molecule has 2 aromatic carbocycles. The molecule has 0 N–H and O–H groups in total. The summed E-state index contributed by atoms with van der Waals surface area (Å²) in [6.07, 6.45) is 0.819. The third-order valence-electron chi connectivity index (χ3n) is 4.62. The van der Waals surface area contributed by atoms with Gasteiger partial charge >= 0.3 is 0 Å². The van der Waals surface area contributed by atoms with Crippen molar-refractivity contribution in [2.45, 2.75) is 26.4 Å². The SMILES string of the molecule is CCc1oc2ccccc2c1CN(C)C(=O)CN(C)Cc1ccccc1. The number of carbonyl (C=O) groups is 1. The number of aryl methyl sites for hydroxylation is 1. The molecule has 3 rings (SSSR count). The van der Waals surface area contributed by atoms with Gasteiger partial charge in [0.2, 0.25) is 5.91 Å². The Morgan fingerprint density at radius 2 is 1.65 bits per heavy atom. The minimum Gasteiger partial charge on any atom is -0.461 e. The summed E-state index contributed by atoms with van der Waals surface area (Å²) >= 11 is 0. The fourth-order valence-electron chi connectivity index (χ4n) is 3.24. The Morgan fingerprint density at radius 1 is 0.962 bits per heavy atom. The molecule has 0 aliphatic carbocycles. The molecule has 0 saturated carbocycles. The maximum atomic E-state index is 12.7. The molecule has 136 valence electrons. The van der Waals surface area contributed by atoms with Gasteiger partial charge in [-0.25, -0.2) is 0 Å². The van der Waals surface area contributed by atoms with Crippen molar-refractivity contribution in [3.63, 3.8) is 0 Å². The fraction of sp³-hybridized carbons (Fsp3) is 0.318. The second-order valence-corrected chi connectivity index (χ2v) is 6.76. The van der Waals surface area contributed by atoms with Gasteiger partial charge < -0.3 is 9.32 Å². The van der Waals surface area contributed by atoms with Crippen LogP contribution in [0.4, 0.5) is 0 Å². The zero-order valence-electron chi connectivity index (χ0n) is 15.7. The van der Waals surface area contributed by atoms with E-state index in [9.17, 15) is 4.79 Å². The molecule has 4 nitrogen and oxygen atoms in total. The van der Waals surface area contributed by atoms with Crippen molar-refractivity contribution >= 4 is 16.9 Å². The summed E-state index contributed by atoms with van der Waals surface area (Å²) in [6.45, 7) is 3.80. The molecule has 0 fully saturated rings. The highest BCUT2D eigenvalue weighted by Gasteiger charge is 2.18. The average molecular weight is 350 g/mol. The zero-order chi connectivity index (χ0) is 18.5. The first-order chi connectivity index (χ1) is 12.6. The van der Waals surface area contributed by atoms with E-state index >= 15 is 0 Å². The smallest absolute Gasteiger partial charge is 0.236 e. The van der Waals surface area contributed by atoms with Crippen molar-refractivity contribution in [1.29, 1.82) is 0 Å². The van der Waals surface area contributed by atoms with Crippen LogP contribution >= 0.6 is 0 Å². The summed E-state index contributed by atoms with van der Waals surface area (Å²) in [4.78, 5) is 16.5. The van der Waals surface area contributed by atoms with E-state index < -0.39 is 0 Å². The molecule has 4 heteroatoms. The molecule has 26 heavy (non-hydrogen) atoms. The number of rotatable bonds is 7. The van der Waals surface area contributed by atoms with E-state index in [0.29, 0.717) is 13.1 Å². The van der Waals surface area contributed by atoms with Crippen LogP contribution in [0.25, 0.3) is 11.0 Å². The van der Waals surface area contributed by atoms with Gasteiger partial charge in [0, 0.05) is 37.5 Å². The van der Waals surface area contributed by atoms with Crippen LogP contribution in [0.5, 0.6) is 0 Å². The number of hydrogen-bond donors (Lipinski definition) is 0. The molecule has 0 saturated heterocycles. The van der Waals surface area contributed by atoms with E-state index in [0.717, 1.165) is 35.3 Å². The molecule has 0 atom stereocenters. The first kappa shape index (κ1) is 18.2. The molecule has 0 aliphatic heterocycles. The van der Waals surface area contributed by atoms with E-state index in [1.54, 1.807) is 4.90 Å². The van der Waals surface area contributed by atoms with Gasteiger partial charge in [-0.1, -0.05) is 55.5 Å². The van der Waals surface area contributed by atoms with E-state index in [1.807, 2.05) is 55.4 Å². The van der Waals surface area contributed by atoms with Crippen LogP contribution < -0.4 is 0 Å². The van der Waals surface area contributed by atoms with Crippen molar-refractivity contribution in [3.05, 3.63) is 71.5 Å². The topological polar surface area (TPSA) is 36.7 Å². The Morgan fingerprint density at radius 3 is 2.38 bits per heavy atom. The summed E-state index contributed by atoms with van der Waals surface area (Å²) in [5.74, 6) is 1.07. The van der Waals surface area contributed by atoms with Crippen LogP contribution in [0.1, 0.15) is 23.8 Å². The lowest BCUT2D eigenvalue weighted by Crippen LogP contribution is -2.36. The Kier molecular flexibility index (Phi) is 5.74. The Labute approximate surface area is 155 Å². The second-order valence-electron chi connectivity index (χ2n) is 6.76. The molecule has 0 radical (unpaired) electrons. The summed E-state index contributed by atoms with van der Waals surface area (Å²) in [7, 11) is 3.84. The Bertz CT molecular complexity index is 870. The number of amides is 1. The van der Waals surface area contributed by atoms with Gasteiger partial charge in [0.15, 0.2) is 0 Å². The number of benzene rings is 2. The number of fused-ring (bicyclic) bond motifs is 1. The number of para-hydroxylation sites is 1. The van der Waals surface area contributed by atoms with Gasteiger partial charge in [-0.2, -0.15) is 0 Å². The minimum atomic E-state index is 0.107. The van der Waals surface area contributed by atoms with Crippen LogP contribution in [-0.4, -0.2) is 36.3 Å². The molecular weight excluding hydrogens is 324 g/mol. The van der Waals surface area contributed by atoms with Crippen molar-refractivity contribution in [3.8, 4) is 0 Å². The summed E-state index contributed by atoms with van der Waals surface area (Å²) in [6, 6.07) is 18.2. The number of nitrogens with zero attached hydrogens (tertiary/aromatic N) is 2. The van der Waals surface area contributed by atoms with Gasteiger partial charge in [-0.05, 0) is 18.7 Å². The van der Waals surface area contributed by atoms with Crippen molar-refractivity contribution in [2.24, 2.45) is 0 Å². The molecular formula is C22H26N2O2. The van der Waals surface area contributed by atoms with Crippen molar-refractivity contribution in [1.82, 2.24) is 9.80 Å². The predicted octanol–water partition coefficient (Wildman–Crippen LogP) is 4.09. The molecule has 0 aliphatic rings. The first-order valence-corrected chi connectivity index (χ1v) is 9.04. The van der Waals surface area contributed by atoms with E-state index in [-0.39, 0.29) is 5.91 Å². The highest BCUT2D eigenvalue weighted by atomic mass is 16.3. The Hall–Kier alpha value is -2.59. The van der Waals surface area contributed by atoms with Gasteiger partial charge in [0.1, 0.15) is 11.3 Å². The average Bonchev–Trinajstić information content (AvgIpc) is 3.00. The molecule has 1 heterocycles. The third kappa shape index (κ3) is 4.14. The predicted molar refractivity (Wildman–Crippen MR) is 105 cm³/mol. The number of hydrogen-bond acceptors (Lipinski definition) is 3. The first-order valence-electron chi connectivity index (χ1n) is 9.04. The number of furan rings is 1. The van der Waals surface area contributed by atoms with E-state index in [4.69, 9.17) is 4.42 Å². The maximum absolute atomic E-state index is 12.7. The molecule has 0 spiro atoms. The lowest BCUT2D eigenvalue weighted by Gasteiger charge is -2.22. The van der Waals surface area contributed by atoms with E-state index in [1.165, 1.54) is 5.56 Å². The van der Waals surface area contributed by atoms with Crippen LogP contribution in [0.2, 0.25) is 0 Å². The highest BCUT2D eigenvalue weighted by Crippen LogP contribution is 2.27. The molecule has 0 bridgehead atoms. The molecule has 3 aromatic rings. The monoisotopic (exact) mass is 350 g/mol. The van der Waals surface area contributed by atoms with Gasteiger partial charge in [0.05, 0.1) is 6.54 Å². The van der Waals surface area contributed by atoms with Crippen molar-refractivity contribution < 1.29 is 9.21 Å². The molecule has 1 aromatic heterocycles. The van der Waals surface area contributed by atoms with Gasteiger partial charge in [-0.15, -0.1) is 0 Å². The van der Waals surface area contributed by atoms with Crippen LogP contribution in [0, 0.1) is 0 Å². The van der Waals surface area contributed by atoms with Gasteiger partial charge in [0.25, 0.3) is 0 Å². The summed E-state index contributed by atoms with van der Waals surface area (Å²) in [5.41, 5.74) is 3.21. The number of likely N-dealkylation sites (N-methyl/N-ethyl adjacent to an activating group) is 2. The zero-order valence-corrected chi connectivity index (χ0v) is 15.7. The maximum Gasteiger partial charge on any atom is 0.236 e. The lowest BCUT2D eigenvalue weighted by atomic mass is 10.1. The van der Waals surface area contributed by atoms with Crippen molar-refractivity contribution in [2.75, 3.05) is 20.6 Å². The fourth-order valence-corrected chi connectivity index (χ4v) is 3.24. The molecule has 1 amide bonds. The lowest BCUT2D eigenvalue weighted by molar-refractivity contribution is -0.131. The number of carbonyl (C=O) groups excluding carboxylic acids is 1. The largest absolute Gasteiger partial charge is 0.461 e. The molecule has 0 unspecified atom stereocenters. The van der Waals surface area contributed by atoms with E-state index in [2.05, 4.69) is 25.1 Å². The quantitative estimate of drug-likeness (QED) is 0.644. The standard InChI is InChI=1S/C22H26N2O2/c1-4-20-19(18-12-8-9-13-21(18)26-20)15-24(3)22(25)16-23(2)14-17-10-6-5-7-11-17/h5-13H,4,14-16H2,1-3H3. The van der Waals surface area contributed by atoms with Gasteiger partial charge in [-0.3, -0.25) is 9.69 Å². The second kappa shape index (κ2) is 8.19. The van der Waals surface area contributed by atoms with Crippen LogP contribution in [-0.2, 0) is 24.3 Å². The minimum absolute atomic E-state index is 0.107. The normalized spacial score (nSPS) is 11.2. The summed E-state index contributed by atoms with van der Waals surface area (Å²) < 4.78 is 5.94. The van der Waals surface area contributed by atoms with Crippen LogP contribution in [0.15, 0.2) is 59.0 Å². The van der Waals surface area contributed by atoms with Crippen LogP contribution in [0.3, 0.4) is 0 Å². The summed E-state index contributed by atoms with van der Waals surface area (Å²) in [5, 5.41) is 1.10. The Balaban J connectivity index is 1.66.